The van der Waals surface area contributed by atoms with Crippen molar-refractivity contribution in [3.05, 3.63) is 41.6 Å². The highest BCUT2D eigenvalue weighted by Crippen LogP contribution is 2.24. The summed E-state index contributed by atoms with van der Waals surface area (Å²) in [5.74, 6) is -0.660. The third-order valence-corrected chi connectivity index (χ3v) is 4.74. The lowest BCUT2D eigenvalue weighted by Crippen LogP contribution is -2.41. The maximum absolute atomic E-state index is 13.0. The van der Waals surface area contributed by atoms with Crippen LogP contribution in [0.4, 0.5) is 10.1 Å². The van der Waals surface area contributed by atoms with Crippen molar-refractivity contribution in [3.63, 3.8) is 0 Å². The van der Waals surface area contributed by atoms with Gasteiger partial charge in [0.15, 0.2) is 9.84 Å². The molecule has 1 aliphatic rings. The van der Waals surface area contributed by atoms with Crippen molar-refractivity contribution in [1.29, 1.82) is 0 Å². The van der Waals surface area contributed by atoms with Crippen LogP contribution in [0.1, 0.15) is 26.2 Å². The Hall–Kier alpha value is -1.69. The van der Waals surface area contributed by atoms with E-state index in [0.717, 1.165) is 18.2 Å². The normalized spacial score (nSPS) is 19.6. The van der Waals surface area contributed by atoms with E-state index in [4.69, 9.17) is 0 Å². The van der Waals surface area contributed by atoms with Gasteiger partial charge in [-0.05, 0) is 36.8 Å². The predicted octanol–water partition coefficient (Wildman–Crippen LogP) is 2.66. The van der Waals surface area contributed by atoms with Crippen LogP contribution in [0, 0.1) is 5.82 Å². The maximum Gasteiger partial charge on any atom is 0.227 e. The summed E-state index contributed by atoms with van der Waals surface area (Å²) in [7, 11) is -3.26. The standard InChI is InChI=1S/C15H18FNO3S/c1-2-3-4-15(18)17(13-7-5-12(16)6-8-13)14-9-10-21(19,20)11-14/h5-10,14H,2-4,11H2,1H3/t14-/m1/s1. The maximum atomic E-state index is 13.0. The van der Waals surface area contributed by atoms with Gasteiger partial charge in [-0.3, -0.25) is 4.79 Å². The van der Waals surface area contributed by atoms with Crippen LogP contribution in [0.3, 0.4) is 0 Å². The van der Waals surface area contributed by atoms with E-state index in [1.807, 2.05) is 6.92 Å². The van der Waals surface area contributed by atoms with E-state index >= 15 is 0 Å². The van der Waals surface area contributed by atoms with E-state index in [1.54, 1.807) is 0 Å². The number of hydrogen-bond acceptors (Lipinski definition) is 3. The molecule has 0 saturated carbocycles. The average molecular weight is 311 g/mol. The summed E-state index contributed by atoms with van der Waals surface area (Å²) < 4.78 is 36.2. The molecule has 6 heteroatoms. The molecule has 2 rings (SSSR count). The average Bonchev–Trinajstić information content (AvgIpc) is 2.79. The van der Waals surface area contributed by atoms with Crippen LogP contribution in [0.15, 0.2) is 35.7 Å². The van der Waals surface area contributed by atoms with Gasteiger partial charge in [-0.15, -0.1) is 0 Å². The summed E-state index contributed by atoms with van der Waals surface area (Å²) in [6.07, 6.45) is 3.47. The molecular weight excluding hydrogens is 293 g/mol. The van der Waals surface area contributed by atoms with E-state index < -0.39 is 21.7 Å². The van der Waals surface area contributed by atoms with Gasteiger partial charge in [0.1, 0.15) is 5.82 Å². The van der Waals surface area contributed by atoms with Gasteiger partial charge >= 0.3 is 0 Å². The van der Waals surface area contributed by atoms with Crippen LogP contribution < -0.4 is 4.90 Å². The molecule has 1 aliphatic heterocycles. The molecule has 0 spiro atoms. The number of carbonyl (C=O) groups excluding carboxylic acids is 1. The van der Waals surface area contributed by atoms with Gasteiger partial charge in [0.25, 0.3) is 0 Å². The Labute approximate surface area is 124 Å². The number of rotatable bonds is 5. The van der Waals surface area contributed by atoms with Crippen molar-refractivity contribution >= 4 is 21.4 Å². The van der Waals surface area contributed by atoms with Crippen LogP contribution >= 0.6 is 0 Å². The van der Waals surface area contributed by atoms with Gasteiger partial charge in [0.2, 0.25) is 5.91 Å². The van der Waals surface area contributed by atoms with Gasteiger partial charge < -0.3 is 4.90 Å². The Morgan fingerprint density at radius 3 is 2.52 bits per heavy atom. The number of hydrogen-bond donors (Lipinski definition) is 0. The first-order chi connectivity index (χ1) is 9.93. The van der Waals surface area contributed by atoms with Gasteiger partial charge in [0.05, 0.1) is 11.8 Å². The zero-order chi connectivity index (χ0) is 15.5. The molecule has 0 bridgehead atoms. The third-order valence-electron chi connectivity index (χ3n) is 3.36. The molecule has 0 saturated heterocycles. The van der Waals surface area contributed by atoms with E-state index in [0.29, 0.717) is 12.1 Å². The van der Waals surface area contributed by atoms with Crippen LogP contribution in [-0.4, -0.2) is 26.1 Å². The quantitative estimate of drug-likeness (QED) is 0.840. The second-order valence-corrected chi connectivity index (χ2v) is 7.00. The molecular formula is C15H18FNO3S. The third kappa shape index (κ3) is 3.91. The van der Waals surface area contributed by atoms with E-state index in [-0.39, 0.29) is 11.7 Å². The molecule has 0 radical (unpaired) electrons. The van der Waals surface area contributed by atoms with Crippen molar-refractivity contribution in [2.24, 2.45) is 0 Å². The number of halogens is 1. The fourth-order valence-electron chi connectivity index (χ4n) is 2.29. The number of anilines is 1. The SMILES string of the molecule is CCCCC(=O)N(c1ccc(F)cc1)[C@@H]1C=CS(=O)(=O)C1. The Morgan fingerprint density at radius 2 is 2.00 bits per heavy atom. The van der Waals surface area contributed by atoms with Crippen molar-refractivity contribution in [2.45, 2.75) is 32.2 Å². The molecule has 0 aliphatic carbocycles. The molecule has 1 atom stereocenters. The van der Waals surface area contributed by atoms with Crippen molar-refractivity contribution in [1.82, 2.24) is 0 Å². The highest BCUT2D eigenvalue weighted by Gasteiger charge is 2.30. The van der Waals surface area contributed by atoms with Gasteiger partial charge in [-0.1, -0.05) is 13.3 Å². The molecule has 1 aromatic rings. The summed E-state index contributed by atoms with van der Waals surface area (Å²) in [5.41, 5.74) is 0.518. The number of sulfone groups is 1. The molecule has 0 aromatic heterocycles. The van der Waals surface area contributed by atoms with Crippen LogP contribution in [0.25, 0.3) is 0 Å². The first-order valence-electron chi connectivity index (χ1n) is 6.91. The Morgan fingerprint density at radius 1 is 1.33 bits per heavy atom. The monoisotopic (exact) mass is 311 g/mol. The molecule has 0 N–H and O–H groups in total. The molecule has 1 amide bonds. The minimum Gasteiger partial charge on any atom is -0.304 e. The summed E-state index contributed by atoms with van der Waals surface area (Å²) >= 11 is 0. The fraction of sp³-hybridized carbons (Fsp3) is 0.400. The Kier molecular flexibility index (Phi) is 4.77. The van der Waals surface area contributed by atoms with E-state index in [9.17, 15) is 17.6 Å². The number of amides is 1. The van der Waals surface area contributed by atoms with E-state index in [1.165, 1.54) is 35.2 Å². The predicted molar refractivity (Wildman–Crippen MR) is 80.1 cm³/mol. The molecule has 21 heavy (non-hydrogen) atoms. The smallest absolute Gasteiger partial charge is 0.227 e. The van der Waals surface area contributed by atoms with E-state index in [2.05, 4.69) is 0 Å². The zero-order valence-electron chi connectivity index (χ0n) is 11.8. The van der Waals surface area contributed by atoms with Crippen LogP contribution in [0.5, 0.6) is 0 Å². The highest BCUT2D eigenvalue weighted by atomic mass is 32.2. The molecule has 0 fully saturated rings. The molecule has 114 valence electrons. The first-order valence-corrected chi connectivity index (χ1v) is 8.63. The summed E-state index contributed by atoms with van der Waals surface area (Å²) in [5, 5.41) is 1.14. The number of benzene rings is 1. The minimum absolute atomic E-state index is 0.123. The summed E-state index contributed by atoms with van der Waals surface area (Å²) in [6.45, 7) is 1.98. The van der Waals surface area contributed by atoms with Gasteiger partial charge in [0, 0.05) is 17.5 Å². The second kappa shape index (κ2) is 6.39. The van der Waals surface area contributed by atoms with Crippen molar-refractivity contribution in [3.8, 4) is 0 Å². The largest absolute Gasteiger partial charge is 0.304 e. The second-order valence-electron chi connectivity index (χ2n) is 5.07. The lowest BCUT2D eigenvalue weighted by Gasteiger charge is -2.27. The number of unbranched alkanes of at least 4 members (excludes halogenated alkanes) is 1. The van der Waals surface area contributed by atoms with Crippen molar-refractivity contribution < 1.29 is 17.6 Å². The topological polar surface area (TPSA) is 54.5 Å². The molecule has 1 heterocycles. The van der Waals surface area contributed by atoms with Crippen LogP contribution in [-0.2, 0) is 14.6 Å². The van der Waals surface area contributed by atoms with Crippen molar-refractivity contribution in [2.75, 3.05) is 10.7 Å². The van der Waals surface area contributed by atoms with Gasteiger partial charge in [-0.2, -0.15) is 0 Å². The molecule has 4 nitrogen and oxygen atoms in total. The van der Waals surface area contributed by atoms with Gasteiger partial charge in [-0.25, -0.2) is 12.8 Å². The Bertz CT molecular complexity index is 637. The number of carbonyl (C=O) groups is 1. The zero-order valence-corrected chi connectivity index (χ0v) is 12.6. The lowest BCUT2D eigenvalue weighted by atomic mass is 10.1. The van der Waals surface area contributed by atoms with Crippen LogP contribution in [0.2, 0.25) is 0 Å². The number of nitrogens with zero attached hydrogens (tertiary/aromatic N) is 1. The highest BCUT2D eigenvalue weighted by molar-refractivity contribution is 7.94. The first kappa shape index (κ1) is 15.7. The molecule has 1 aromatic carbocycles. The summed E-state index contributed by atoms with van der Waals surface area (Å²) in [6, 6.07) is 5.01. The Balaban J connectivity index is 2.29. The lowest BCUT2D eigenvalue weighted by molar-refractivity contribution is -0.118. The minimum atomic E-state index is -3.26. The fourth-order valence-corrected chi connectivity index (χ4v) is 3.56. The summed E-state index contributed by atoms with van der Waals surface area (Å²) in [4.78, 5) is 13.8. The molecule has 0 unspecified atom stereocenters.